The van der Waals surface area contributed by atoms with Gasteiger partial charge in [-0.25, -0.2) is 13.1 Å². The monoisotopic (exact) mass is 395 g/mol. The van der Waals surface area contributed by atoms with Crippen molar-refractivity contribution < 1.29 is 13.2 Å². The maximum absolute atomic E-state index is 12.7. The van der Waals surface area contributed by atoms with Gasteiger partial charge in [0.2, 0.25) is 15.2 Å². The van der Waals surface area contributed by atoms with Gasteiger partial charge in [0, 0.05) is 11.3 Å². The Hall–Kier alpha value is -1.94. The molecule has 8 nitrogen and oxygen atoms in total. The molecule has 1 fully saturated rings. The summed E-state index contributed by atoms with van der Waals surface area (Å²) in [4.78, 5) is 12.7. The third kappa shape index (κ3) is 4.61. The van der Waals surface area contributed by atoms with Crippen LogP contribution in [0.1, 0.15) is 49.0 Å². The van der Waals surface area contributed by atoms with Crippen molar-refractivity contribution in [1.29, 1.82) is 0 Å². The van der Waals surface area contributed by atoms with Crippen molar-refractivity contribution in [1.82, 2.24) is 20.2 Å². The predicted octanol–water partition coefficient (Wildman–Crippen LogP) is 2.52. The highest BCUT2D eigenvalue weighted by atomic mass is 32.2. The zero-order chi connectivity index (χ0) is 18.7. The first-order valence-electron chi connectivity index (χ1n) is 8.40. The molecule has 1 heterocycles. The van der Waals surface area contributed by atoms with Crippen LogP contribution in [0.2, 0.25) is 0 Å². The molecular weight excluding hydrogens is 374 g/mol. The molecule has 3 rings (SSSR count). The first kappa shape index (κ1) is 18.8. The Morgan fingerprint density at radius 3 is 2.54 bits per heavy atom. The minimum atomic E-state index is -3.34. The van der Waals surface area contributed by atoms with E-state index < -0.39 is 10.0 Å². The van der Waals surface area contributed by atoms with Crippen LogP contribution in [0.5, 0.6) is 0 Å². The summed E-state index contributed by atoms with van der Waals surface area (Å²) in [6.07, 6.45) is 5.57. The highest BCUT2D eigenvalue weighted by Gasteiger charge is 2.25. The molecule has 1 atom stereocenters. The number of nitrogens with one attached hydrogen (secondary N) is 1. The van der Waals surface area contributed by atoms with Gasteiger partial charge in [0.25, 0.3) is 0 Å². The van der Waals surface area contributed by atoms with Crippen LogP contribution in [0, 0.1) is 0 Å². The van der Waals surface area contributed by atoms with Crippen molar-refractivity contribution >= 4 is 33.3 Å². The number of carbonyl (C=O) groups excluding carboxylic acids is 1. The summed E-state index contributed by atoms with van der Waals surface area (Å²) in [6.45, 7) is 1.82. The molecule has 1 saturated carbocycles. The Bertz CT molecular complexity index is 874. The summed E-state index contributed by atoms with van der Waals surface area (Å²) in [5, 5.41) is 12.2. The van der Waals surface area contributed by atoms with Crippen LogP contribution < -0.4 is 4.72 Å². The Kier molecular flexibility index (Phi) is 5.61. The van der Waals surface area contributed by atoms with E-state index in [2.05, 4.69) is 20.2 Å². The van der Waals surface area contributed by atoms with Crippen molar-refractivity contribution in [2.45, 2.75) is 49.1 Å². The number of hydrogen-bond acceptors (Lipinski definition) is 7. The number of benzene rings is 1. The Morgan fingerprint density at radius 1 is 1.27 bits per heavy atom. The molecule has 0 bridgehead atoms. The van der Waals surface area contributed by atoms with Gasteiger partial charge in [-0.15, -0.1) is 5.10 Å². The van der Waals surface area contributed by atoms with Gasteiger partial charge in [-0.1, -0.05) is 24.6 Å². The molecular formula is C16H21N5O3S2. The van der Waals surface area contributed by atoms with Crippen LogP contribution >= 0.6 is 11.8 Å². The van der Waals surface area contributed by atoms with Gasteiger partial charge >= 0.3 is 0 Å². The Labute approximate surface area is 156 Å². The van der Waals surface area contributed by atoms with Crippen molar-refractivity contribution in [2.24, 2.45) is 0 Å². The molecule has 10 heteroatoms. The second-order valence-corrected chi connectivity index (χ2v) is 9.48. The van der Waals surface area contributed by atoms with E-state index in [1.54, 1.807) is 24.3 Å². The molecule has 26 heavy (non-hydrogen) atoms. The van der Waals surface area contributed by atoms with Gasteiger partial charge in [0.05, 0.1) is 17.5 Å². The number of thioether (sulfide) groups is 1. The third-order valence-corrected chi connectivity index (χ3v) is 5.91. The van der Waals surface area contributed by atoms with Crippen molar-refractivity contribution in [2.75, 3.05) is 11.0 Å². The van der Waals surface area contributed by atoms with E-state index in [9.17, 15) is 13.2 Å². The first-order valence-corrected chi connectivity index (χ1v) is 11.2. The lowest BCUT2D eigenvalue weighted by atomic mass is 10.1. The number of ketones is 1. The fourth-order valence-electron chi connectivity index (χ4n) is 3.00. The smallest absolute Gasteiger partial charge is 0.229 e. The number of sulfonamides is 1. The number of anilines is 1. The highest BCUT2D eigenvalue weighted by Crippen LogP contribution is 2.33. The third-order valence-electron chi connectivity index (χ3n) is 4.26. The summed E-state index contributed by atoms with van der Waals surface area (Å²) in [5.41, 5.74) is 0.943. The van der Waals surface area contributed by atoms with E-state index in [0.29, 0.717) is 22.4 Å². The maximum atomic E-state index is 12.7. The Balaban J connectivity index is 1.67. The zero-order valence-electron chi connectivity index (χ0n) is 14.6. The summed E-state index contributed by atoms with van der Waals surface area (Å²) in [7, 11) is -3.34. The molecule has 1 aromatic heterocycles. The molecule has 0 aliphatic heterocycles. The summed E-state index contributed by atoms with van der Waals surface area (Å²) >= 11 is 1.35. The van der Waals surface area contributed by atoms with E-state index in [4.69, 9.17) is 0 Å². The lowest BCUT2D eigenvalue weighted by Crippen LogP contribution is -2.16. The van der Waals surface area contributed by atoms with E-state index in [1.807, 2.05) is 11.6 Å². The van der Waals surface area contributed by atoms with Crippen LogP contribution in [0.4, 0.5) is 5.69 Å². The topological polar surface area (TPSA) is 107 Å². The summed E-state index contributed by atoms with van der Waals surface area (Å²) in [6, 6.07) is 6.71. The van der Waals surface area contributed by atoms with Gasteiger partial charge in [-0.05, 0) is 54.5 Å². The molecule has 1 aromatic carbocycles. The maximum Gasteiger partial charge on any atom is 0.229 e. The van der Waals surface area contributed by atoms with Crippen LogP contribution in [-0.2, 0) is 10.0 Å². The number of carbonyl (C=O) groups is 1. The minimum absolute atomic E-state index is 0.0538. The molecule has 0 spiro atoms. The standard InChI is InChI=1S/C16H21N5O3S2/c1-11(25-16-17-19-20-21(16)14-5-3-4-6-14)15(22)12-7-9-13(10-8-12)18-26(2,23)24/h7-11,14,18H,3-6H2,1-2H3/t11-/m1/s1. The molecule has 140 valence electrons. The first-order chi connectivity index (χ1) is 12.3. The number of hydrogen-bond donors (Lipinski definition) is 1. The molecule has 0 unspecified atom stereocenters. The minimum Gasteiger partial charge on any atom is -0.293 e. The SMILES string of the molecule is C[C@@H](Sc1nnnn1C1CCCC1)C(=O)c1ccc(NS(C)(=O)=O)cc1. The normalized spacial score (nSPS) is 16.5. The highest BCUT2D eigenvalue weighted by molar-refractivity contribution is 8.00. The van der Waals surface area contributed by atoms with Gasteiger partial charge in [-0.2, -0.15) is 0 Å². The second kappa shape index (κ2) is 7.75. The summed E-state index contributed by atoms with van der Waals surface area (Å²) in [5.74, 6) is -0.0538. The van der Waals surface area contributed by atoms with E-state index in [-0.39, 0.29) is 11.0 Å². The Morgan fingerprint density at radius 2 is 1.92 bits per heavy atom. The van der Waals surface area contributed by atoms with Crippen molar-refractivity contribution in [3.63, 3.8) is 0 Å². The number of Topliss-reactive ketones (excluding diaryl/α,β-unsaturated/α-hetero) is 1. The average Bonchev–Trinajstić information content (AvgIpc) is 3.24. The molecule has 1 aliphatic rings. The zero-order valence-corrected chi connectivity index (χ0v) is 16.3. The van der Waals surface area contributed by atoms with Crippen LogP contribution in [0.3, 0.4) is 0 Å². The lowest BCUT2D eigenvalue weighted by Gasteiger charge is -2.14. The molecule has 1 aliphatic carbocycles. The van der Waals surface area contributed by atoms with Crippen LogP contribution in [0.15, 0.2) is 29.4 Å². The molecule has 0 radical (unpaired) electrons. The molecule has 0 saturated heterocycles. The quantitative estimate of drug-likeness (QED) is 0.567. The van der Waals surface area contributed by atoms with Crippen molar-refractivity contribution in [3.8, 4) is 0 Å². The fourth-order valence-corrected chi connectivity index (χ4v) is 4.50. The summed E-state index contributed by atoms with van der Waals surface area (Å²) < 4.78 is 26.7. The number of nitrogens with zero attached hydrogens (tertiary/aromatic N) is 4. The average molecular weight is 396 g/mol. The number of aromatic nitrogens is 4. The molecule has 2 aromatic rings. The van der Waals surface area contributed by atoms with E-state index in [1.165, 1.54) is 24.6 Å². The predicted molar refractivity (Wildman–Crippen MR) is 99.9 cm³/mol. The van der Waals surface area contributed by atoms with Gasteiger partial charge in [-0.3, -0.25) is 9.52 Å². The van der Waals surface area contributed by atoms with Gasteiger partial charge in [0.1, 0.15) is 0 Å². The van der Waals surface area contributed by atoms with E-state index in [0.717, 1.165) is 19.1 Å². The van der Waals surface area contributed by atoms with Crippen LogP contribution in [0.25, 0.3) is 0 Å². The van der Waals surface area contributed by atoms with E-state index >= 15 is 0 Å². The fraction of sp³-hybridized carbons (Fsp3) is 0.500. The number of tetrazole rings is 1. The van der Waals surface area contributed by atoms with Gasteiger partial charge < -0.3 is 0 Å². The van der Waals surface area contributed by atoms with Crippen LogP contribution in [-0.4, -0.2) is 45.9 Å². The second-order valence-electron chi connectivity index (χ2n) is 6.42. The number of rotatable bonds is 7. The lowest BCUT2D eigenvalue weighted by molar-refractivity contribution is 0.0994. The largest absolute Gasteiger partial charge is 0.293 e. The molecule has 0 amide bonds. The van der Waals surface area contributed by atoms with Crippen molar-refractivity contribution in [3.05, 3.63) is 29.8 Å². The van der Waals surface area contributed by atoms with Gasteiger partial charge in [0.15, 0.2) is 5.78 Å². The molecule has 1 N–H and O–H groups in total.